The second-order valence-corrected chi connectivity index (χ2v) is 6.44. The van der Waals surface area contributed by atoms with Gasteiger partial charge < -0.3 is 25.0 Å². The highest BCUT2D eigenvalue weighted by atomic mass is 35.5. The fraction of sp³-hybridized carbons (Fsp3) is 0.353. The van der Waals surface area contributed by atoms with Crippen molar-refractivity contribution in [1.82, 2.24) is 14.9 Å². The van der Waals surface area contributed by atoms with E-state index in [1.54, 1.807) is 13.1 Å². The van der Waals surface area contributed by atoms with Gasteiger partial charge in [-0.15, -0.1) is 13.2 Å². The molecule has 1 unspecified atom stereocenters. The van der Waals surface area contributed by atoms with Crippen molar-refractivity contribution in [3.8, 4) is 5.75 Å². The fourth-order valence-electron chi connectivity index (χ4n) is 2.74. The number of rotatable bonds is 6. The predicted molar refractivity (Wildman–Crippen MR) is 99.3 cm³/mol. The lowest BCUT2D eigenvalue weighted by Gasteiger charge is -2.30. The van der Waals surface area contributed by atoms with Crippen LogP contribution in [0.5, 0.6) is 5.75 Å². The van der Waals surface area contributed by atoms with E-state index in [1.165, 1.54) is 23.2 Å². The monoisotopic (exact) mass is 431 g/mol. The number of halogens is 4. The lowest BCUT2D eigenvalue weighted by molar-refractivity contribution is -0.274. The van der Waals surface area contributed by atoms with E-state index in [4.69, 9.17) is 16.3 Å². The second-order valence-electron chi connectivity index (χ2n) is 6.03. The molecule has 1 aromatic heterocycles. The van der Waals surface area contributed by atoms with E-state index in [-0.39, 0.29) is 29.8 Å². The number of anilines is 3. The predicted octanol–water partition coefficient (Wildman–Crippen LogP) is 3.34. The molecule has 1 aromatic carbocycles. The first kappa shape index (κ1) is 20.9. The molecule has 1 fully saturated rings. The SMILES string of the molecule is CNc1nc(Nc2ccc(C3CN(C=O)CCO3)cc2OC(F)(F)F)ncc1Cl. The molecule has 2 N–H and O–H groups in total. The highest BCUT2D eigenvalue weighted by molar-refractivity contribution is 6.32. The number of hydrogen-bond acceptors (Lipinski definition) is 7. The zero-order valence-electron chi connectivity index (χ0n) is 15.2. The van der Waals surface area contributed by atoms with Crippen molar-refractivity contribution in [3.63, 3.8) is 0 Å². The number of hydrogen-bond donors (Lipinski definition) is 2. The van der Waals surface area contributed by atoms with Gasteiger partial charge in [-0.1, -0.05) is 17.7 Å². The second kappa shape index (κ2) is 8.70. The largest absolute Gasteiger partial charge is 0.573 e. The van der Waals surface area contributed by atoms with Gasteiger partial charge in [0.15, 0.2) is 5.75 Å². The molecule has 1 amide bonds. The van der Waals surface area contributed by atoms with Gasteiger partial charge in [0.25, 0.3) is 0 Å². The summed E-state index contributed by atoms with van der Waals surface area (Å²) < 4.78 is 48.5. The van der Waals surface area contributed by atoms with Crippen LogP contribution in [0.15, 0.2) is 24.4 Å². The van der Waals surface area contributed by atoms with E-state index in [0.29, 0.717) is 24.3 Å². The number of carbonyl (C=O) groups excluding carboxylic acids is 1. The molecule has 156 valence electrons. The third-order valence-electron chi connectivity index (χ3n) is 4.08. The molecule has 1 saturated heterocycles. The van der Waals surface area contributed by atoms with E-state index in [0.717, 1.165) is 0 Å². The van der Waals surface area contributed by atoms with Gasteiger partial charge in [0.1, 0.15) is 16.9 Å². The first-order valence-corrected chi connectivity index (χ1v) is 8.85. The van der Waals surface area contributed by atoms with Crippen molar-refractivity contribution in [2.24, 2.45) is 0 Å². The molecular weight excluding hydrogens is 415 g/mol. The molecule has 2 aromatic rings. The van der Waals surface area contributed by atoms with Crippen molar-refractivity contribution in [2.45, 2.75) is 12.5 Å². The van der Waals surface area contributed by atoms with Crippen LogP contribution in [0.4, 0.5) is 30.6 Å². The Morgan fingerprint density at radius 1 is 1.41 bits per heavy atom. The molecule has 0 aliphatic carbocycles. The highest BCUT2D eigenvalue weighted by Gasteiger charge is 2.33. The molecule has 8 nitrogen and oxygen atoms in total. The summed E-state index contributed by atoms with van der Waals surface area (Å²) in [6, 6.07) is 4.19. The summed E-state index contributed by atoms with van der Waals surface area (Å²) in [5, 5.41) is 5.70. The number of nitrogens with zero attached hydrogens (tertiary/aromatic N) is 3. The van der Waals surface area contributed by atoms with Crippen molar-refractivity contribution >= 4 is 35.5 Å². The minimum absolute atomic E-state index is 0.00139. The molecule has 12 heteroatoms. The normalized spacial score (nSPS) is 17.0. The van der Waals surface area contributed by atoms with Crippen molar-refractivity contribution < 1.29 is 27.4 Å². The van der Waals surface area contributed by atoms with Crippen LogP contribution in [0, 0.1) is 0 Å². The number of ether oxygens (including phenoxy) is 2. The molecule has 1 atom stereocenters. The van der Waals surface area contributed by atoms with Gasteiger partial charge in [-0.3, -0.25) is 4.79 Å². The maximum atomic E-state index is 12.9. The number of benzene rings is 1. The van der Waals surface area contributed by atoms with Gasteiger partial charge in [-0.2, -0.15) is 4.98 Å². The Morgan fingerprint density at radius 2 is 2.21 bits per heavy atom. The number of amides is 1. The minimum Gasteiger partial charge on any atom is -0.404 e. The zero-order chi connectivity index (χ0) is 21.0. The Labute approximate surface area is 169 Å². The molecule has 0 bridgehead atoms. The van der Waals surface area contributed by atoms with Crippen molar-refractivity contribution in [3.05, 3.63) is 35.0 Å². The summed E-state index contributed by atoms with van der Waals surface area (Å²) in [5.74, 6) is -0.144. The Hall–Kier alpha value is -2.79. The Bertz CT molecular complexity index is 884. The van der Waals surface area contributed by atoms with Crippen LogP contribution in [-0.2, 0) is 9.53 Å². The van der Waals surface area contributed by atoms with Gasteiger partial charge in [0.2, 0.25) is 12.4 Å². The van der Waals surface area contributed by atoms with Gasteiger partial charge in [0, 0.05) is 13.6 Å². The number of alkyl halides is 3. The lowest BCUT2D eigenvalue weighted by Crippen LogP contribution is -2.37. The molecule has 29 heavy (non-hydrogen) atoms. The third-order valence-corrected chi connectivity index (χ3v) is 4.35. The summed E-state index contributed by atoms with van der Waals surface area (Å²) >= 11 is 5.92. The quantitative estimate of drug-likeness (QED) is 0.678. The van der Waals surface area contributed by atoms with Crippen LogP contribution >= 0.6 is 11.6 Å². The number of nitrogens with one attached hydrogen (secondary N) is 2. The number of carbonyl (C=O) groups is 1. The first-order valence-electron chi connectivity index (χ1n) is 8.47. The molecule has 0 spiro atoms. The molecule has 3 rings (SSSR count). The highest BCUT2D eigenvalue weighted by Crippen LogP contribution is 2.36. The van der Waals surface area contributed by atoms with Crippen LogP contribution in [0.3, 0.4) is 0 Å². The maximum Gasteiger partial charge on any atom is 0.573 e. The smallest absolute Gasteiger partial charge is 0.404 e. The average Bonchev–Trinajstić information content (AvgIpc) is 2.69. The average molecular weight is 432 g/mol. The van der Waals surface area contributed by atoms with E-state index >= 15 is 0 Å². The van der Waals surface area contributed by atoms with Crippen LogP contribution in [0.1, 0.15) is 11.7 Å². The molecule has 2 heterocycles. The number of aromatic nitrogens is 2. The van der Waals surface area contributed by atoms with Gasteiger partial charge in [0.05, 0.1) is 25.0 Å². The van der Waals surface area contributed by atoms with Crippen LogP contribution in [-0.4, -0.2) is 54.4 Å². The van der Waals surface area contributed by atoms with Crippen molar-refractivity contribution in [2.75, 3.05) is 37.4 Å². The zero-order valence-corrected chi connectivity index (χ0v) is 15.9. The van der Waals surface area contributed by atoms with Gasteiger partial charge >= 0.3 is 6.36 Å². The standard InChI is InChI=1S/C17H17ClF3N5O3/c1-22-15-11(18)7-23-16(25-15)24-12-3-2-10(6-13(12)29-17(19,20)21)14-8-26(9-27)4-5-28-14/h2-3,6-7,9,14H,4-5,8H2,1H3,(H2,22,23,24,25). The maximum absolute atomic E-state index is 12.9. The summed E-state index contributed by atoms with van der Waals surface area (Å²) in [6.45, 7) is 0.936. The topological polar surface area (TPSA) is 88.6 Å². The molecular formula is C17H17ClF3N5O3. The van der Waals surface area contributed by atoms with E-state index in [2.05, 4.69) is 25.3 Å². The van der Waals surface area contributed by atoms with E-state index in [1.807, 2.05) is 0 Å². The summed E-state index contributed by atoms with van der Waals surface area (Å²) in [7, 11) is 1.60. The molecule has 0 radical (unpaired) electrons. The molecule has 1 aliphatic rings. The van der Waals surface area contributed by atoms with E-state index in [9.17, 15) is 18.0 Å². The van der Waals surface area contributed by atoms with Crippen molar-refractivity contribution in [1.29, 1.82) is 0 Å². The number of morpholine rings is 1. The molecule has 0 saturated carbocycles. The first-order chi connectivity index (χ1) is 13.8. The van der Waals surface area contributed by atoms with E-state index < -0.39 is 18.2 Å². The van der Waals surface area contributed by atoms with Gasteiger partial charge in [-0.05, 0) is 17.7 Å². The summed E-state index contributed by atoms with van der Waals surface area (Å²) in [5.41, 5.74) is 0.438. The Kier molecular flexibility index (Phi) is 6.28. The molecule has 1 aliphatic heterocycles. The van der Waals surface area contributed by atoms with Crippen LogP contribution in [0.2, 0.25) is 5.02 Å². The fourth-order valence-corrected chi connectivity index (χ4v) is 2.93. The Morgan fingerprint density at radius 3 is 2.90 bits per heavy atom. The minimum atomic E-state index is -4.91. The van der Waals surface area contributed by atoms with Crippen LogP contribution in [0.25, 0.3) is 0 Å². The third kappa shape index (κ3) is 5.39. The summed E-state index contributed by atoms with van der Waals surface area (Å²) in [4.78, 5) is 20.5. The Balaban J connectivity index is 1.91. The summed E-state index contributed by atoms with van der Waals surface area (Å²) in [6.07, 6.45) is -3.49. The van der Waals surface area contributed by atoms with Crippen LogP contribution < -0.4 is 15.4 Å². The lowest BCUT2D eigenvalue weighted by atomic mass is 10.1. The van der Waals surface area contributed by atoms with Gasteiger partial charge in [-0.25, -0.2) is 4.98 Å².